The Hall–Kier alpha value is -3.71. The Morgan fingerprint density at radius 2 is 1.84 bits per heavy atom. The number of piperidine rings is 1. The minimum absolute atomic E-state index is 0.0375. The van der Waals surface area contributed by atoms with Crippen molar-refractivity contribution in [2.24, 2.45) is 0 Å². The zero-order valence-electron chi connectivity index (χ0n) is 22.5. The van der Waals surface area contributed by atoms with E-state index >= 15 is 0 Å². The molecule has 0 unspecified atom stereocenters. The van der Waals surface area contributed by atoms with Gasteiger partial charge >= 0.3 is 0 Å². The largest absolute Gasteiger partial charge is 0.388 e. The van der Waals surface area contributed by atoms with Gasteiger partial charge in [0.1, 0.15) is 0 Å². The Morgan fingerprint density at radius 3 is 2.46 bits per heavy atom. The molecular formula is C30H37N5O2. The molecule has 37 heavy (non-hydrogen) atoms. The van der Waals surface area contributed by atoms with E-state index in [4.69, 9.17) is 0 Å². The third-order valence-electron chi connectivity index (χ3n) is 7.12. The zero-order valence-corrected chi connectivity index (χ0v) is 22.5. The Morgan fingerprint density at radius 1 is 1.14 bits per heavy atom. The van der Waals surface area contributed by atoms with Crippen LogP contribution in [-0.2, 0) is 0 Å². The van der Waals surface area contributed by atoms with E-state index in [-0.39, 0.29) is 11.5 Å². The number of amides is 1. The number of hydrogen-bond acceptors (Lipinski definition) is 5. The summed E-state index contributed by atoms with van der Waals surface area (Å²) in [6, 6.07) is 13.5. The summed E-state index contributed by atoms with van der Waals surface area (Å²) < 4.78 is 1.68. The van der Waals surface area contributed by atoms with Crippen LogP contribution in [0.25, 0.3) is 11.8 Å². The van der Waals surface area contributed by atoms with Crippen molar-refractivity contribution in [2.75, 3.05) is 46.1 Å². The molecule has 1 aromatic carbocycles. The Balaban J connectivity index is 1.43. The number of carbonyl (C=O) groups excluding carboxylic acids is 1. The van der Waals surface area contributed by atoms with E-state index in [9.17, 15) is 9.59 Å². The number of likely N-dealkylation sites (tertiary alicyclic amines) is 1. The van der Waals surface area contributed by atoms with Crippen molar-refractivity contribution in [1.82, 2.24) is 19.4 Å². The minimum Gasteiger partial charge on any atom is -0.388 e. The van der Waals surface area contributed by atoms with Gasteiger partial charge in [-0.25, -0.2) is 0 Å². The number of carbonyl (C=O) groups is 1. The number of nitrogens with zero attached hydrogens (tertiary/aromatic N) is 4. The second-order valence-corrected chi connectivity index (χ2v) is 10.1. The molecule has 2 aromatic heterocycles. The van der Waals surface area contributed by atoms with Gasteiger partial charge in [-0.05, 0) is 75.5 Å². The van der Waals surface area contributed by atoms with Gasteiger partial charge in [0.15, 0.2) is 0 Å². The van der Waals surface area contributed by atoms with E-state index < -0.39 is 0 Å². The molecule has 1 N–H and O–H groups in total. The van der Waals surface area contributed by atoms with Gasteiger partial charge in [0.05, 0.1) is 5.69 Å². The molecule has 0 spiro atoms. The van der Waals surface area contributed by atoms with Gasteiger partial charge in [-0.1, -0.05) is 23.8 Å². The standard InChI is InChI=1S/C30H37N5O2/c1-21(18-27-22(2)32-14-10-28(27)35-17-13-26(31-3)19-29(35)36)20-34-15-11-24(12-16-34)23-6-8-25(9-7-23)30(37)33(4)5/h6-10,13-14,17-19,24,31H,11-12,15-16,20H2,1-5H3/b21-18+. The summed E-state index contributed by atoms with van der Waals surface area (Å²) in [6.45, 7) is 7.06. The maximum absolute atomic E-state index is 12.7. The van der Waals surface area contributed by atoms with Crippen LogP contribution >= 0.6 is 0 Å². The minimum atomic E-state index is -0.0778. The van der Waals surface area contributed by atoms with Crippen molar-refractivity contribution in [3.05, 3.63) is 93.2 Å². The van der Waals surface area contributed by atoms with Crippen LogP contribution in [0.2, 0.25) is 0 Å². The first-order chi connectivity index (χ1) is 17.8. The zero-order chi connectivity index (χ0) is 26.5. The topological polar surface area (TPSA) is 70.5 Å². The van der Waals surface area contributed by atoms with E-state index in [2.05, 4.69) is 40.3 Å². The molecule has 0 atom stereocenters. The van der Waals surface area contributed by atoms with Crippen LogP contribution in [0.4, 0.5) is 5.69 Å². The van der Waals surface area contributed by atoms with Gasteiger partial charge in [0, 0.05) is 68.7 Å². The maximum Gasteiger partial charge on any atom is 0.257 e. The lowest BCUT2D eigenvalue weighted by molar-refractivity contribution is 0.0827. The third-order valence-corrected chi connectivity index (χ3v) is 7.12. The quantitative estimate of drug-likeness (QED) is 0.516. The third kappa shape index (κ3) is 6.17. The summed E-state index contributed by atoms with van der Waals surface area (Å²) in [5.41, 5.74) is 6.71. The normalized spacial score (nSPS) is 15.0. The fourth-order valence-corrected chi connectivity index (χ4v) is 5.01. The SMILES string of the molecule is CNc1ccn(-c2ccnc(C)c2/C=C(\C)CN2CCC(c3ccc(C(=O)N(C)C)cc3)CC2)c(=O)c1. The molecule has 194 valence electrons. The Labute approximate surface area is 219 Å². The lowest BCUT2D eigenvalue weighted by atomic mass is 9.88. The monoisotopic (exact) mass is 499 g/mol. The number of benzene rings is 1. The van der Waals surface area contributed by atoms with E-state index in [1.807, 2.05) is 37.4 Å². The smallest absolute Gasteiger partial charge is 0.257 e. The molecule has 3 heterocycles. The number of pyridine rings is 2. The van der Waals surface area contributed by atoms with Crippen LogP contribution in [0.3, 0.4) is 0 Å². The van der Waals surface area contributed by atoms with Gasteiger partial charge in [-0.2, -0.15) is 0 Å². The van der Waals surface area contributed by atoms with Crippen molar-refractivity contribution in [3.8, 4) is 5.69 Å². The predicted octanol–water partition coefficient (Wildman–Crippen LogP) is 4.57. The fourth-order valence-electron chi connectivity index (χ4n) is 5.01. The number of aromatic nitrogens is 2. The average Bonchev–Trinajstić information content (AvgIpc) is 2.90. The molecule has 3 aromatic rings. The van der Waals surface area contributed by atoms with Crippen molar-refractivity contribution >= 4 is 17.7 Å². The van der Waals surface area contributed by atoms with Gasteiger partial charge in [-0.3, -0.25) is 24.0 Å². The lowest BCUT2D eigenvalue weighted by Gasteiger charge is -2.32. The van der Waals surface area contributed by atoms with Crippen LogP contribution in [0.1, 0.15) is 52.9 Å². The highest BCUT2D eigenvalue weighted by atomic mass is 16.2. The molecule has 0 aliphatic carbocycles. The van der Waals surface area contributed by atoms with Crippen molar-refractivity contribution in [1.29, 1.82) is 0 Å². The average molecular weight is 500 g/mol. The molecule has 1 saturated heterocycles. The molecular weight excluding hydrogens is 462 g/mol. The molecule has 7 heteroatoms. The van der Waals surface area contributed by atoms with Crippen molar-refractivity contribution in [2.45, 2.75) is 32.6 Å². The van der Waals surface area contributed by atoms with Crippen LogP contribution in [-0.4, -0.2) is 66.0 Å². The second-order valence-electron chi connectivity index (χ2n) is 10.1. The molecule has 1 aliphatic rings. The Kier molecular flexibility index (Phi) is 8.24. The number of anilines is 1. The first-order valence-corrected chi connectivity index (χ1v) is 12.8. The van der Waals surface area contributed by atoms with Crippen molar-refractivity contribution < 1.29 is 4.79 Å². The van der Waals surface area contributed by atoms with Crippen LogP contribution in [0.5, 0.6) is 0 Å². The first-order valence-electron chi connectivity index (χ1n) is 12.8. The van der Waals surface area contributed by atoms with Crippen molar-refractivity contribution in [3.63, 3.8) is 0 Å². The summed E-state index contributed by atoms with van der Waals surface area (Å²) in [5.74, 6) is 0.555. The van der Waals surface area contributed by atoms with Crippen LogP contribution < -0.4 is 10.9 Å². The summed E-state index contributed by atoms with van der Waals surface area (Å²) in [6.07, 6.45) is 7.92. The Bertz CT molecular complexity index is 1330. The summed E-state index contributed by atoms with van der Waals surface area (Å²) >= 11 is 0. The molecule has 1 amide bonds. The number of rotatable bonds is 7. The number of hydrogen-bond donors (Lipinski definition) is 1. The highest BCUT2D eigenvalue weighted by Crippen LogP contribution is 2.29. The molecule has 0 radical (unpaired) electrons. The van der Waals surface area contributed by atoms with Gasteiger partial charge in [0.25, 0.3) is 11.5 Å². The molecule has 0 bridgehead atoms. The number of aryl methyl sites for hydroxylation is 1. The second kappa shape index (κ2) is 11.6. The molecule has 0 saturated carbocycles. The van der Waals surface area contributed by atoms with E-state index in [1.54, 1.807) is 42.9 Å². The maximum atomic E-state index is 12.7. The first kappa shape index (κ1) is 26.4. The van der Waals surface area contributed by atoms with Gasteiger partial charge < -0.3 is 10.2 Å². The van der Waals surface area contributed by atoms with E-state index in [1.165, 1.54) is 11.1 Å². The lowest BCUT2D eigenvalue weighted by Crippen LogP contribution is -2.34. The van der Waals surface area contributed by atoms with Gasteiger partial charge in [0.2, 0.25) is 0 Å². The highest BCUT2D eigenvalue weighted by Gasteiger charge is 2.21. The summed E-state index contributed by atoms with van der Waals surface area (Å²) in [4.78, 5) is 33.5. The molecule has 1 fully saturated rings. The summed E-state index contributed by atoms with van der Waals surface area (Å²) in [5, 5.41) is 3.02. The predicted molar refractivity (Wildman–Crippen MR) is 151 cm³/mol. The highest BCUT2D eigenvalue weighted by molar-refractivity contribution is 5.93. The van der Waals surface area contributed by atoms with Crippen LogP contribution in [0, 0.1) is 6.92 Å². The van der Waals surface area contributed by atoms with E-state index in [0.717, 1.165) is 60.7 Å². The molecule has 4 rings (SSSR count). The van der Waals surface area contributed by atoms with E-state index in [0.29, 0.717) is 5.92 Å². The molecule has 1 aliphatic heterocycles. The number of nitrogens with one attached hydrogen (secondary N) is 1. The molecule has 7 nitrogen and oxygen atoms in total. The van der Waals surface area contributed by atoms with Gasteiger partial charge in [-0.15, -0.1) is 0 Å². The fraction of sp³-hybridized carbons (Fsp3) is 0.367. The summed E-state index contributed by atoms with van der Waals surface area (Å²) in [7, 11) is 5.36. The van der Waals surface area contributed by atoms with Crippen LogP contribution in [0.15, 0.2) is 65.2 Å².